The SMILES string of the molecule is COC(=O)c1nc(NCc2cnc(C)cn2)sc1C. The summed E-state index contributed by atoms with van der Waals surface area (Å²) >= 11 is 1.41. The van der Waals surface area contributed by atoms with E-state index in [1.165, 1.54) is 18.4 Å². The number of carbonyl (C=O) groups is 1. The number of aryl methyl sites for hydroxylation is 2. The molecule has 6 nitrogen and oxygen atoms in total. The smallest absolute Gasteiger partial charge is 0.357 e. The molecule has 0 spiro atoms. The zero-order chi connectivity index (χ0) is 13.8. The molecule has 0 radical (unpaired) electrons. The zero-order valence-electron chi connectivity index (χ0n) is 10.9. The van der Waals surface area contributed by atoms with E-state index in [0.717, 1.165) is 16.3 Å². The zero-order valence-corrected chi connectivity index (χ0v) is 11.7. The molecule has 2 heterocycles. The van der Waals surface area contributed by atoms with E-state index in [-0.39, 0.29) is 0 Å². The quantitative estimate of drug-likeness (QED) is 0.861. The van der Waals surface area contributed by atoms with E-state index in [0.29, 0.717) is 17.4 Å². The minimum Gasteiger partial charge on any atom is -0.464 e. The minimum absolute atomic E-state index is 0.352. The maximum atomic E-state index is 11.4. The van der Waals surface area contributed by atoms with E-state index in [9.17, 15) is 4.79 Å². The van der Waals surface area contributed by atoms with Gasteiger partial charge in [0.1, 0.15) is 0 Å². The van der Waals surface area contributed by atoms with Gasteiger partial charge in [0, 0.05) is 11.1 Å². The molecule has 2 aromatic rings. The van der Waals surface area contributed by atoms with Crippen molar-refractivity contribution in [1.82, 2.24) is 15.0 Å². The summed E-state index contributed by atoms with van der Waals surface area (Å²) in [6.45, 7) is 4.23. The first-order valence-corrected chi connectivity index (χ1v) is 6.49. The maximum Gasteiger partial charge on any atom is 0.357 e. The number of rotatable bonds is 4. The molecule has 0 aliphatic rings. The number of hydrogen-bond donors (Lipinski definition) is 1. The number of carbonyl (C=O) groups excluding carboxylic acids is 1. The highest BCUT2D eigenvalue weighted by Crippen LogP contribution is 2.22. The lowest BCUT2D eigenvalue weighted by molar-refractivity contribution is 0.0594. The molecule has 100 valence electrons. The van der Waals surface area contributed by atoms with Gasteiger partial charge in [-0.15, -0.1) is 11.3 Å². The lowest BCUT2D eigenvalue weighted by atomic mass is 10.4. The van der Waals surface area contributed by atoms with Crippen LogP contribution in [0.25, 0.3) is 0 Å². The summed E-state index contributed by atoms with van der Waals surface area (Å²) in [5.74, 6) is -0.420. The summed E-state index contributed by atoms with van der Waals surface area (Å²) in [5.41, 5.74) is 2.05. The second-order valence-corrected chi connectivity index (χ2v) is 5.12. The van der Waals surface area contributed by atoms with Gasteiger partial charge in [-0.3, -0.25) is 9.97 Å². The second kappa shape index (κ2) is 5.75. The van der Waals surface area contributed by atoms with Crippen LogP contribution in [0, 0.1) is 13.8 Å². The topological polar surface area (TPSA) is 77.0 Å². The summed E-state index contributed by atoms with van der Waals surface area (Å²) in [6, 6.07) is 0. The van der Waals surface area contributed by atoms with Crippen LogP contribution in [-0.2, 0) is 11.3 Å². The number of thiazole rings is 1. The second-order valence-electron chi connectivity index (χ2n) is 3.92. The van der Waals surface area contributed by atoms with Crippen molar-refractivity contribution >= 4 is 22.4 Å². The van der Waals surface area contributed by atoms with E-state index in [1.807, 2.05) is 13.8 Å². The molecule has 0 fully saturated rings. The van der Waals surface area contributed by atoms with Crippen LogP contribution in [0.1, 0.15) is 26.8 Å². The Bertz CT molecular complexity index is 580. The Hall–Kier alpha value is -2.02. The lowest BCUT2D eigenvalue weighted by Gasteiger charge is -2.01. The molecular weight excluding hydrogens is 264 g/mol. The lowest BCUT2D eigenvalue weighted by Crippen LogP contribution is -2.05. The number of aromatic nitrogens is 3. The van der Waals surface area contributed by atoms with Crippen molar-refractivity contribution in [3.05, 3.63) is 34.4 Å². The molecule has 2 aromatic heterocycles. The molecule has 0 saturated carbocycles. The van der Waals surface area contributed by atoms with Gasteiger partial charge in [-0.25, -0.2) is 9.78 Å². The van der Waals surface area contributed by atoms with Crippen molar-refractivity contribution in [3.8, 4) is 0 Å². The van der Waals surface area contributed by atoms with Crippen LogP contribution >= 0.6 is 11.3 Å². The van der Waals surface area contributed by atoms with Crippen LogP contribution in [0.3, 0.4) is 0 Å². The largest absolute Gasteiger partial charge is 0.464 e. The Morgan fingerprint density at radius 2 is 2.16 bits per heavy atom. The molecular formula is C12H14N4O2S. The van der Waals surface area contributed by atoms with Gasteiger partial charge in [0.05, 0.1) is 31.2 Å². The Kier molecular flexibility index (Phi) is 4.06. The van der Waals surface area contributed by atoms with E-state index in [4.69, 9.17) is 0 Å². The average Bonchev–Trinajstić information content (AvgIpc) is 2.78. The van der Waals surface area contributed by atoms with Gasteiger partial charge in [-0.1, -0.05) is 0 Å². The first kappa shape index (κ1) is 13.4. The Balaban J connectivity index is 2.04. The molecule has 0 saturated heterocycles. The van der Waals surface area contributed by atoms with E-state index in [2.05, 4.69) is 25.0 Å². The van der Waals surface area contributed by atoms with E-state index < -0.39 is 5.97 Å². The molecule has 2 rings (SSSR count). The molecule has 19 heavy (non-hydrogen) atoms. The number of nitrogens with one attached hydrogen (secondary N) is 1. The first-order chi connectivity index (χ1) is 9.10. The highest BCUT2D eigenvalue weighted by atomic mass is 32.1. The third-order valence-corrected chi connectivity index (χ3v) is 3.36. The van der Waals surface area contributed by atoms with Crippen molar-refractivity contribution in [2.45, 2.75) is 20.4 Å². The fourth-order valence-electron chi connectivity index (χ4n) is 1.43. The molecule has 0 aromatic carbocycles. The van der Waals surface area contributed by atoms with Crippen molar-refractivity contribution in [1.29, 1.82) is 0 Å². The summed E-state index contributed by atoms with van der Waals surface area (Å²) in [7, 11) is 1.34. The summed E-state index contributed by atoms with van der Waals surface area (Å²) in [6.07, 6.45) is 3.42. The number of methoxy groups -OCH3 is 1. The van der Waals surface area contributed by atoms with Crippen LogP contribution in [0.5, 0.6) is 0 Å². The first-order valence-electron chi connectivity index (χ1n) is 5.67. The predicted molar refractivity (Wildman–Crippen MR) is 72.3 cm³/mol. The third-order valence-electron chi connectivity index (χ3n) is 2.43. The van der Waals surface area contributed by atoms with Gasteiger partial charge >= 0.3 is 5.97 Å². The third kappa shape index (κ3) is 3.25. The molecule has 0 bridgehead atoms. The van der Waals surface area contributed by atoms with Crippen LogP contribution in [0.15, 0.2) is 12.4 Å². The molecule has 0 unspecified atom stereocenters. The molecule has 7 heteroatoms. The standard InChI is InChI=1S/C12H14N4O2S/c1-7-4-14-9(5-13-7)6-15-12-16-10(8(2)19-12)11(17)18-3/h4-5H,6H2,1-3H3,(H,15,16). The van der Waals surface area contributed by atoms with Gasteiger partial charge in [0.2, 0.25) is 0 Å². The molecule has 0 aliphatic carbocycles. The van der Waals surface area contributed by atoms with Crippen LogP contribution in [-0.4, -0.2) is 28.0 Å². The summed E-state index contributed by atoms with van der Waals surface area (Å²) in [5, 5.41) is 3.78. The Labute approximate surface area is 114 Å². The highest BCUT2D eigenvalue weighted by Gasteiger charge is 2.15. The van der Waals surface area contributed by atoms with E-state index >= 15 is 0 Å². The van der Waals surface area contributed by atoms with Crippen molar-refractivity contribution < 1.29 is 9.53 Å². The van der Waals surface area contributed by atoms with Gasteiger partial charge in [-0.05, 0) is 13.8 Å². The van der Waals surface area contributed by atoms with Crippen LogP contribution < -0.4 is 5.32 Å². The summed E-state index contributed by atoms with van der Waals surface area (Å²) in [4.78, 5) is 24.8. The molecule has 1 N–H and O–H groups in total. The summed E-state index contributed by atoms with van der Waals surface area (Å²) < 4.78 is 4.66. The van der Waals surface area contributed by atoms with Crippen LogP contribution in [0.2, 0.25) is 0 Å². The van der Waals surface area contributed by atoms with Gasteiger partial charge in [0.25, 0.3) is 0 Å². The number of ether oxygens (including phenoxy) is 1. The fourth-order valence-corrected chi connectivity index (χ4v) is 2.23. The minimum atomic E-state index is -0.420. The molecule has 0 aliphatic heterocycles. The average molecular weight is 278 g/mol. The predicted octanol–water partition coefficient (Wildman–Crippen LogP) is 1.95. The van der Waals surface area contributed by atoms with Crippen molar-refractivity contribution in [2.24, 2.45) is 0 Å². The maximum absolute atomic E-state index is 11.4. The van der Waals surface area contributed by atoms with E-state index in [1.54, 1.807) is 12.4 Å². The van der Waals surface area contributed by atoms with Crippen molar-refractivity contribution in [3.63, 3.8) is 0 Å². The molecule has 0 amide bonds. The van der Waals surface area contributed by atoms with Gasteiger partial charge < -0.3 is 10.1 Å². The van der Waals surface area contributed by atoms with Gasteiger partial charge in [0.15, 0.2) is 10.8 Å². The number of nitrogens with zero attached hydrogens (tertiary/aromatic N) is 3. The fraction of sp³-hybridized carbons (Fsp3) is 0.333. The van der Waals surface area contributed by atoms with Crippen LogP contribution in [0.4, 0.5) is 5.13 Å². The molecule has 0 atom stereocenters. The Morgan fingerprint density at radius 3 is 2.79 bits per heavy atom. The monoisotopic (exact) mass is 278 g/mol. The van der Waals surface area contributed by atoms with Crippen molar-refractivity contribution in [2.75, 3.05) is 12.4 Å². The highest BCUT2D eigenvalue weighted by molar-refractivity contribution is 7.15. The van der Waals surface area contributed by atoms with Gasteiger partial charge in [-0.2, -0.15) is 0 Å². The number of anilines is 1. The Morgan fingerprint density at radius 1 is 1.37 bits per heavy atom. The normalized spacial score (nSPS) is 10.3. The number of hydrogen-bond acceptors (Lipinski definition) is 7. The number of esters is 1.